The van der Waals surface area contributed by atoms with Crippen LogP contribution in [0.2, 0.25) is 0 Å². The molecule has 1 aliphatic rings. The van der Waals surface area contributed by atoms with Crippen LogP contribution in [0.1, 0.15) is 18.0 Å². The number of benzene rings is 3. The van der Waals surface area contributed by atoms with Crippen molar-refractivity contribution in [3.05, 3.63) is 96.6 Å². The van der Waals surface area contributed by atoms with Crippen molar-refractivity contribution in [2.75, 3.05) is 5.75 Å². The summed E-state index contributed by atoms with van der Waals surface area (Å²) in [6.45, 7) is 0. The van der Waals surface area contributed by atoms with Crippen molar-refractivity contribution < 1.29 is 4.79 Å². The molecule has 142 valence electrons. The predicted octanol–water partition coefficient (Wildman–Crippen LogP) is 4.64. The second-order valence-electron chi connectivity index (χ2n) is 6.86. The molecule has 0 radical (unpaired) electrons. The standard InChI is InChI=1S/C23H22NOPS2/c25-23-21(16-17-28-23)22(18-10-4-1-5-11-18)24-26(27,19-12-6-2-7-13-19)20-14-8-3-9-15-20/h1-15,21-22H,16-17H2,(H,24,27). The van der Waals surface area contributed by atoms with E-state index in [0.29, 0.717) is 0 Å². The van der Waals surface area contributed by atoms with Crippen LogP contribution in [-0.2, 0) is 16.6 Å². The minimum absolute atomic E-state index is 0.0536. The third-order valence-corrected chi connectivity index (χ3v) is 10.4. The van der Waals surface area contributed by atoms with Crippen molar-refractivity contribution in [3.63, 3.8) is 0 Å². The zero-order valence-electron chi connectivity index (χ0n) is 15.4. The molecule has 2 nitrogen and oxygen atoms in total. The molecule has 28 heavy (non-hydrogen) atoms. The lowest BCUT2D eigenvalue weighted by atomic mass is 9.93. The van der Waals surface area contributed by atoms with Crippen molar-refractivity contribution in [3.8, 4) is 0 Å². The van der Waals surface area contributed by atoms with Crippen LogP contribution in [-0.4, -0.2) is 10.9 Å². The Hall–Kier alpha value is -1.71. The number of nitrogens with one attached hydrogen (secondary N) is 1. The molecule has 2 atom stereocenters. The average Bonchev–Trinajstić information content (AvgIpc) is 3.19. The molecule has 0 amide bonds. The van der Waals surface area contributed by atoms with Crippen LogP contribution in [0.15, 0.2) is 91.0 Å². The van der Waals surface area contributed by atoms with Crippen molar-refractivity contribution in [1.82, 2.24) is 5.09 Å². The summed E-state index contributed by atoms with van der Waals surface area (Å²) < 4.78 is 0. The van der Waals surface area contributed by atoms with Crippen molar-refractivity contribution in [1.29, 1.82) is 0 Å². The Labute approximate surface area is 175 Å². The summed E-state index contributed by atoms with van der Waals surface area (Å²) in [6.07, 6.45) is -1.42. The molecule has 0 aliphatic carbocycles. The predicted molar refractivity (Wildman–Crippen MR) is 124 cm³/mol. The van der Waals surface area contributed by atoms with Gasteiger partial charge in [-0.1, -0.05) is 115 Å². The Morgan fingerprint density at radius 3 is 1.82 bits per heavy atom. The summed E-state index contributed by atoms with van der Waals surface area (Å²) in [6, 6.07) is 30.8. The molecule has 5 heteroatoms. The van der Waals surface area contributed by atoms with Crippen LogP contribution in [0.4, 0.5) is 0 Å². The van der Waals surface area contributed by atoms with E-state index in [-0.39, 0.29) is 17.1 Å². The number of carbonyl (C=O) groups excluding carboxylic acids is 1. The van der Waals surface area contributed by atoms with Crippen LogP contribution in [0.5, 0.6) is 0 Å². The van der Waals surface area contributed by atoms with Gasteiger partial charge in [0, 0.05) is 28.3 Å². The van der Waals surface area contributed by atoms with Crippen LogP contribution >= 0.6 is 18.0 Å². The molecule has 1 saturated heterocycles. The topological polar surface area (TPSA) is 29.1 Å². The van der Waals surface area contributed by atoms with E-state index in [1.54, 1.807) is 0 Å². The maximum absolute atomic E-state index is 12.6. The van der Waals surface area contributed by atoms with Gasteiger partial charge in [0.2, 0.25) is 0 Å². The second-order valence-corrected chi connectivity index (χ2v) is 12.1. The first-order valence-corrected chi connectivity index (χ1v) is 13.2. The Bertz CT molecular complexity index is 936. The highest BCUT2D eigenvalue weighted by Gasteiger charge is 2.37. The summed E-state index contributed by atoms with van der Waals surface area (Å²) in [5, 5.41) is 6.35. The maximum atomic E-state index is 12.6. The number of rotatable bonds is 6. The highest BCUT2D eigenvalue weighted by Crippen LogP contribution is 2.46. The first-order valence-electron chi connectivity index (χ1n) is 9.39. The summed E-state index contributed by atoms with van der Waals surface area (Å²) in [5.41, 5.74) is 1.13. The van der Waals surface area contributed by atoms with E-state index in [9.17, 15) is 4.79 Å². The normalized spacial score (nSPS) is 18.1. The zero-order valence-corrected chi connectivity index (χ0v) is 17.9. The maximum Gasteiger partial charge on any atom is 0.193 e. The van der Waals surface area contributed by atoms with Gasteiger partial charge in [-0.25, -0.2) is 0 Å². The number of carbonyl (C=O) groups is 1. The lowest BCUT2D eigenvalue weighted by Gasteiger charge is -2.33. The third-order valence-electron chi connectivity index (χ3n) is 5.10. The van der Waals surface area contributed by atoms with Gasteiger partial charge in [-0.15, -0.1) is 0 Å². The molecule has 0 bridgehead atoms. The van der Waals surface area contributed by atoms with Gasteiger partial charge >= 0.3 is 0 Å². The Balaban J connectivity index is 1.81. The van der Waals surface area contributed by atoms with Gasteiger partial charge < -0.3 is 0 Å². The van der Waals surface area contributed by atoms with Crippen LogP contribution in [0.3, 0.4) is 0 Å². The van der Waals surface area contributed by atoms with Crippen LogP contribution < -0.4 is 15.7 Å². The fourth-order valence-electron chi connectivity index (χ4n) is 3.64. The van der Waals surface area contributed by atoms with E-state index in [2.05, 4.69) is 41.5 Å². The lowest BCUT2D eigenvalue weighted by molar-refractivity contribution is -0.114. The van der Waals surface area contributed by atoms with Crippen LogP contribution in [0.25, 0.3) is 0 Å². The molecule has 0 aromatic heterocycles. The zero-order chi connectivity index (χ0) is 19.4. The van der Waals surface area contributed by atoms with Crippen molar-refractivity contribution in [2.24, 2.45) is 5.92 Å². The molecule has 2 unspecified atom stereocenters. The average molecular weight is 424 g/mol. The molecule has 1 fully saturated rings. The van der Waals surface area contributed by atoms with E-state index >= 15 is 0 Å². The monoisotopic (exact) mass is 423 g/mol. The Morgan fingerprint density at radius 1 is 0.857 bits per heavy atom. The number of hydrogen-bond acceptors (Lipinski definition) is 3. The number of hydrogen-bond donors (Lipinski definition) is 1. The van der Waals surface area contributed by atoms with Gasteiger partial charge in [0.05, 0.1) is 6.19 Å². The summed E-state index contributed by atoms with van der Waals surface area (Å²) in [7, 11) is 0. The molecule has 3 aromatic carbocycles. The smallest absolute Gasteiger partial charge is 0.193 e. The van der Waals surface area contributed by atoms with E-state index in [4.69, 9.17) is 11.8 Å². The molecule has 4 rings (SSSR count). The molecule has 1 heterocycles. The van der Waals surface area contributed by atoms with E-state index < -0.39 is 6.19 Å². The quantitative estimate of drug-likeness (QED) is 0.585. The van der Waals surface area contributed by atoms with Gasteiger partial charge in [0.25, 0.3) is 0 Å². The molecular weight excluding hydrogens is 401 g/mol. The molecule has 3 aromatic rings. The molecule has 1 aliphatic heterocycles. The van der Waals surface area contributed by atoms with Gasteiger partial charge in [-0.3, -0.25) is 9.88 Å². The van der Waals surface area contributed by atoms with Crippen molar-refractivity contribution in [2.45, 2.75) is 12.5 Å². The van der Waals surface area contributed by atoms with E-state index in [1.165, 1.54) is 11.8 Å². The van der Waals surface area contributed by atoms with E-state index in [0.717, 1.165) is 28.3 Å². The fourth-order valence-corrected chi connectivity index (χ4v) is 8.25. The van der Waals surface area contributed by atoms with Crippen molar-refractivity contribution >= 4 is 45.5 Å². The Morgan fingerprint density at radius 2 is 1.36 bits per heavy atom. The fraction of sp³-hybridized carbons (Fsp3) is 0.174. The second kappa shape index (κ2) is 8.75. The lowest BCUT2D eigenvalue weighted by Crippen LogP contribution is -2.35. The third kappa shape index (κ3) is 4.01. The minimum atomic E-state index is -2.30. The summed E-state index contributed by atoms with van der Waals surface area (Å²) in [5.74, 6) is 0.829. The summed E-state index contributed by atoms with van der Waals surface area (Å²) >= 11 is 7.81. The SMILES string of the molecule is O=C1SCCC1C(NP(=S)(c1ccccc1)c1ccccc1)c1ccccc1. The van der Waals surface area contributed by atoms with Gasteiger partial charge in [-0.2, -0.15) is 0 Å². The van der Waals surface area contributed by atoms with E-state index in [1.807, 2.05) is 54.6 Å². The highest BCUT2D eigenvalue weighted by atomic mass is 32.4. The molecule has 0 spiro atoms. The molecule has 1 N–H and O–H groups in total. The first kappa shape index (κ1) is 19.6. The summed E-state index contributed by atoms with van der Waals surface area (Å²) in [4.78, 5) is 12.6. The van der Waals surface area contributed by atoms with Gasteiger partial charge in [-0.05, 0) is 12.0 Å². The number of thioether (sulfide) groups is 1. The largest absolute Gasteiger partial charge is 0.287 e. The highest BCUT2D eigenvalue weighted by molar-refractivity contribution is 8.21. The van der Waals surface area contributed by atoms with Crippen LogP contribution in [0, 0.1) is 5.92 Å². The minimum Gasteiger partial charge on any atom is -0.287 e. The van der Waals surface area contributed by atoms with Gasteiger partial charge in [0.1, 0.15) is 0 Å². The van der Waals surface area contributed by atoms with Gasteiger partial charge in [0.15, 0.2) is 5.12 Å². The molecule has 0 saturated carbocycles. The first-order chi connectivity index (χ1) is 13.7. The Kier molecular flexibility index (Phi) is 6.13. The molecular formula is C23H22NOPS2.